The van der Waals surface area contributed by atoms with Crippen molar-refractivity contribution in [3.8, 4) is 11.4 Å². The highest BCUT2D eigenvalue weighted by Gasteiger charge is 2.61. The Morgan fingerprint density at radius 1 is 1.14 bits per heavy atom. The van der Waals surface area contributed by atoms with E-state index in [1.165, 1.54) is 0 Å². The van der Waals surface area contributed by atoms with Crippen LogP contribution >= 0.6 is 0 Å². The highest BCUT2D eigenvalue weighted by atomic mass is 32.2. The number of rotatable bonds is 8. The third-order valence-electron chi connectivity index (χ3n) is 7.10. The van der Waals surface area contributed by atoms with Crippen LogP contribution in [-0.4, -0.2) is 68.2 Å². The van der Waals surface area contributed by atoms with Gasteiger partial charge in [0.25, 0.3) is 0 Å². The fourth-order valence-corrected chi connectivity index (χ4v) is 7.38. The fourth-order valence-electron chi connectivity index (χ4n) is 4.92. The SMILES string of the molecule is CC1COCC(C)N1c1cc(C2(S(=O)(=O)C3CC3)CC2)nc(-c2ccc(NC(=O)NCCF)cc2)n1. The highest BCUT2D eigenvalue weighted by molar-refractivity contribution is 7.93. The van der Waals surface area contributed by atoms with Crippen molar-refractivity contribution in [2.45, 2.75) is 61.6 Å². The zero-order valence-electron chi connectivity index (χ0n) is 20.5. The number of aromatic nitrogens is 2. The molecule has 1 aliphatic heterocycles. The van der Waals surface area contributed by atoms with Gasteiger partial charge in [0.2, 0.25) is 0 Å². The standard InChI is InChI=1S/C25H32FN5O4S/c1-16-14-35-15-17(2)31(16)22-13-21(25(9-10-25)36(33,34)20-7-8-20)29-23(30-22)18-3-5-19(6-4-18)28-24(32)27-12-11-26/h3-6,13,16-17,20H,7-12,14-15H2,1-2H3,(H2,27,28,32). The molecule has 5 rings (SSSR count). The molecule has 2 aromatic rings. The summed E-state index contributed by atoms with van der Waals surface area (Å²) < 4.78 is 43.8. The van der Waals surface area contributed by atoms with Crippen molar-refractivity contribution in [3.63, 3.8) is 0 Å². The van der Waals surface area contributed by atoms with E-state index < -0.39 is 27.3 Å². The number of carbonyl (C=O) groups is 1. The second-order valence-corrected chi connectivity index (χ2v) is 12.5. The van der Waals surface area contributed by atoms with Crippen molar-refractivity contribution >= 4 is 27.4 Å². The summed E-state index contributed by atoms with van der Waals surface area (Å²) in [7, 11) is -3.32. The van der Waals surface area contributed by atoms with Crippen LogP contribution in [0.4, 0.5) is 20.7 Å². The maximum Gasteiger partial charge on any atom is 0.319 e. The molecule has 0 bridgehead atoms. The molecular formula is C25H32FN5O4S. The van der Waals surface area contributed by atoms with Gasteiger partial charge in [-0.1, -0.05) is 0 Å². The number of sulfone groups is 1. The van der Waals surface area contributed by atoms with Crippen LogP contribution in [0, 0.1) is 0 Å². The van der Waals surface area contributed by atoms with E-state index in [4.69, 9.17) is 14.7 Å². The summed E-state index contributed by atoms with van der Waals surface area (Å²) in [5.41, 5.74) is 1.81. The molecule has 2 aliphatic carbocycles. The van der Waals surface area contributed by atoms with Gasteiger partial charge in [0.1, 0.15) is 17.2 Å². The second kappa shape index (κ2) is 9.59. The molecule has 3 aliphatic rings. The molecule has 3 fully saturated rings. The zero-order valence-corrected chi connectivity index (χ0v) is 21.4. The molecule has 9 nitrogen and oxygen atoms in total. The Morgan fingerprint density at radius 3 is 2.39 bits per heavy atom. The van der Waals surface area contributed by atoms with E-state index in [0.717, 1.165) is 12.8 Å². The number of nitrogens with zero attached hydrogens (tertiary/aromatic N) is 3. The molecule has 36 heavy (non-hydrogen) atoms. The Morgan fingerprint density at radius 2 is 1.81 bits per heavy atom. The Bertz CT molecular complexity index is 1220. The average Bonchev–Trinajstić information content (AvgIpc) is 3.76. The first kappa shape index (κ1) is 24.9. The van der Waals surface area contributed by atoms with Crippen molar-refractivity contribution in [3.05, 3.63) is 36.0 Å². The average molecular weight is 518 g/mol. The van der Waals surface area contributed by atoms with Crippen molar-refractivity contribution < 1.29 is 22.3 Å². The van der Waals surface area contributed by atoms with E-state index in [2.05, 4.69) is 29.4 Å². The van der Waals surface area contributed by atoms with Crippen LogP contribution in [0.25, 0.3) is 11.4 Å². The smallest absolute Gasteiger partial charge is 0.319 e. The molecule has 1 aromatic heterocycles. The van der Waals surface area contributed by atoms with Crippen LogP contribution in [0.1, 0.15) is 45.2 Å². The molecule has 2 unspecified atom stereocenters. The Labute approximate surface area is 210 Å². The number of morpholine rings is 1. The molecule has 2 heterocycles. The Hall–Kier alpha value is -2.79. The van der Waals surface area contributed by atoms with E-state index in [1.54, 1.807) is 24.3 Å². The normalized spacial score (nSPS) is 23.2. The summed E-state index contributed by atoms with van der Waals surface area (Å²) in [5, 5.41) is 4.81. The Kier molecular flexibility index (Phi) is 6.63. The summed E-state index contributed by atoms with van der Waals surface area (Å²) in [6.07, 6.45) is 2.60. The number of hydrogen-bond acceptors (Lipinski definition) is 7. The number of carbonyl (C=O) groups excluding carboxylic acids is 1. The third kappa shape index (κ3) is 4.66. The first-order valence-corrected chi connectivity index (χ1v) is 14.0. The molecular weight excluding hydrogens is 485 g/mol. The first-order chi connectivity index (χ1) is 17.2. The van der Waals surface area contributed by atoms with Crippen LogP contribution in [0.3, 0.4) is 0 Å². The molecule has 0 spiro atoms. The molecule has 11 heteroatoms. The maximum absolute atomic E-state index is 13.4. The number of benzene rings is 1. The number of nitrogens with one attached hydrogen (secondary N) is 2. The molecule has 2 saturated carbocycles. The van der Waals surface area contributed by atoms with E-state index in [-0.39, 0.29) is 23.9 Å². The number of hydrogen-bond donors (Lipinski definition) is 2. The van der Waals surface area contributed by atoms with Gasteiger partial charge in [0, 0.05) is 23.9 Å². The van der Waals surface area contributed by atoms with E-state index in [9.17, 15) is 17.6 Å². The van der Waals surface area contributed by atoms with Gasteiger partial charge in [0.15, 0.2) is 15.7 Å². The number of alkyl halides is 1. The van der Waals surface area contributed by atoms with Crippen molar-refractivity contribution in [2.75, 3.05) is 36.6 Å². The third-order valence-corrected chi connectivity index (χ3v) is 10.2. The predicted octanol–water partition coefficient (Wildman–Crippen LogP) is 3.41. The van der Waals surface area contributed by atoms with Crippen molar-refractivity contribution in [1.29, 1.82) is 0 Å². The second-order valence-electron chi connectivity index (χ2n) is 9.96. The summed E-state index contributed by atoms with van der Waals surface area (Å²) in [6, 6.07) is 8.53. The van der Waals surface area contributed by atoms with Crippen LogP contribution < -0.4 is 15.5 Å². The lowest BCUT2D eigenvalue weighted by molar-refractivity contribution is 0.0752. The molecule has 2 N–H and O–H groups in total. The van der Waals surface area contributed by atoms with Gasteiger partial charge in [-0.3, -0.25) is 0 Å². The number of anilines is 2. The largest absolute Gasteiger partial charge is 0.377 e. The van der Waals surface area contributed by atoms with E-state index in [1.807, 2.05) is 6.07 Å². The minimum atomic E-state index is -3.32. The van der Waals surface area contributed by atoms with Crippen LogP contribution in [0.5, 0.6) is 0 Å². The Balaban J connectivity index is 1.51. The lowest BCUT2D eigenvalue weighted by atomic mass is 10.1. The molecule has 0 radical (unpaired) electrons. The minimum absolute atomic E-state index is 0.0583. The predicted molar refractivity (Wildman–Crippen MR) is 136 cm³/mol. The number of amides is 2. The minimum Gasteiger partial charge on any atom is -0.377 e. The van der Waals surface area contributed by atoms with Gasteiger partial charge in [-0.2, -0.15) is 0 Å². The van der Waals surface area contributed by atoms with E-state index in [0.29, 0.717) is 54.6 Å². The van der Waals surface area contributed by atoms with Gasteiger partial charge in [-0.25, -0.2) is 27.6 Å². The van der Waals surface area contributed by atoms with E-state index >= 15 is 0 Å². The molecule has 1 saturated heterocycles. The fraction of sp³-hybridized carbons (Fsp3) is 0.560. The topological polar surface area (TPSA) is 114 Å². The van der Waals surface area contributed by atoms with Crippen molar-refractivity contribution in [1.82, 2.24) is 15.3 Å². The zero-order chi connectivity index (χ0) is 25.5. The number of urea groups is 1. The number of halogens is 1. The summed E-state index contributed by atoms with van der Waals surface area (Å²) >= 11 is 0. The van der Waals surface area contributed by atoms with Crippen LogP contribution in [-0.2, 0) is 19.3 Å². The summed E-state index contributed by atoms with van der Waals surface area (Å²) in [6.45, 7) is 4.57. The highest BCUT2D eigenvalue weighted by Crippen LogP contribution is 2.57. The molecule has 194 valence electrons. The monoisotopic (exact) mass is 517 g/mol. The molecule has 2 atom stereocenters. The lowest BCUT2D eigenvalue weighted by Crippen LogP contribution is -2.50. The molecule has 2 amide bonds. The van der Waals surface area contributed by atoms with Gasteiger partial charge in [0.05, 0.1) is 36.2 Å². The van der Waals surface area contributed by atoms with Gasteiger partial charge in [-0.05, 0) is 63.8 Å². The van der Waals surface area contributed by atoms with Gasteiger partial charge in [-0.15, -0.1) is 0 Å². The summed E-state index contributed by atoms with van der Waals surface area (Å²) in [4.78, 5) is 23.7. The summed E-state index contributed by atoms with van der Waals surface area (Å²) in [5.74, 6) is 1.14. The first-order valence-electron chi connectivity index (χ1n) is 12.5. The van der Waals surface area contributed by atoms with Crippen LogP contribution in [0.15, 0.2) is 30.3 Å². The van der Waals surface area contributed by atoms with Gasteiger partial charge >= 0.3 is 6.03 Å². The maximum atomic E-state index is 13.4. The quantitative estimate of drug-likeness (QED) is 0.552. The van der Waals surface area contributed by atoms with Crippen molar-refractivity contribution in [2.24, 2.45) is 0 Å². The molecule has 1 aromatic carbocycles. The van der Waals surface area contributed by atoms with Crippen LogP contribution in [0.2, 0.25) is 0 Å². The lowest BCUT2D eigenvalue weighted by Gasteiger charge is -2.40. The number of ether oxygens (including phenoxy) is 1. The van der Waals surface area contributed by atoms with Gasteiger partial charge < -0.3 is 20.3 Å².